The third kappa shape index (κ3) is 3.10. The van der Waals surface area contributed by atoms with Gasteiger partial charge in [0.05, 0.1) is 19.9 Å². The maximum absolute atomic E-state index is 13.2. The Balaban J connectivity index is 2.83. The van der Waals surface area contributed by atoms with E-state index in [0.717, 1.165) is 24.5 Å². The van der Waals surface area contributed by atoms with E-state index in [2.05, 4.69) is 14.6 Å². The summed E-state index contributed by atoms with van der Waals surface area (Å²) in [6.07, 6.45) is -4.96. The van der Waals surface area contributed by atoms with Crippen molar-refractivity contribution in [1.29, 1.82) is 0 Å². The molecule has 0 N–H and O–H groups in total. The van der Waals surface area contributed by atoms with Gasteiger partial charge in [-0.25, -0.2) is 14.3 Å². The van der Waals surface area contributed by atoms with Crippen molar-refractivity contribution in [2.45, 2.75) is 13.1 Å². The fourth-order valence-corrected chi connectivity index (χ4v) is 2.07. The molecule has 0 radical (unpaired) electrons. The van der Waals surface area contributed by atoms with Gasteiger partial charge in [0.25, 0.3) is 0 Å². The molecule has 1 aromatic carbocycles. The number of alkyl halides is 3. The maximum atomic E-state index is 13.2. The van der Waals surface area contributed by atoms with Crippen LogP contribution in [0.1, 0.15) is 32.1 Å². The lowest BCUT2D eigenvalue weighted by molar-refractivity contribution is -0.141. The van der Waals surface area contributed by atoms with Crippen LogP contribution in [0, 0.1) is 6.92 Å². The van der Waals surface area contributed by atoms with Crippen LogP contribution in [-0.2, 0) is 15.7 Å². The van der Waals surface area contributed by atoms with Crippen LogP contribution in [0.5, 0.6) is 0 Å². The first-order chi connectivity index (χ1) is 11.2. The van der Waals surface area contributed by atoms with E-state index in [1.54, 1.807) is 19.1 Å². The summed E-state index contributed by atoms with van der Waals surface area (Å²) in [6.45, 7) is 1.79. The molecule has 1 heterocycles. The average molecular weight is 342 g/mol. The van der Waals surface area contributed by atoms with Crippen LogP contribution in [0.2, 0.25) is 0 Å². The Kier molecular flexibility index (Phi) is 4.63. The lowest BCUT2D eigenvalue weighted by Crippen LogP contribution is -2.17. The second-order valence-corrected chi connectivity index (χ2v) is 4.80. The Morgan fingerprint density at radius 3 is 2.04 bits per heavy atom. The van der Waals surface area contributed by atoms with Crippen molar-refractivity contribution >= 4 is 11.9 Å². The summed E-state index contributed by atoms with van der Waals surface area (Å²) in [6, 6.07) is 6.19. The molecule has 9 heteroatoms. The second-order valence-electron chi connectivity index (χ2n) is 4.80. The van der Waals surface area contributed by atoms with Crippen LogP contribution in [0.3, 0.4) is 0 Å². The number of ether oxygens (including phenoxy) is 2. The highest BCUT2D eigenvalue weighted by Crippen LogP contribution is 2.34. The highest BCUT2D eigenvalue weighted by atomic mass is 19.4. The van der Waals surface area contributed by atoms with E-state index < -0.39 is 35.1 Å². The molecule has 0 fully saturated rings. The van der Waals surface area contributed by atoms with Gasteiger partial charge in [0, 0.05) is 0 Å². The molecule has 24 heavy (non-hydrogen) atoms. The summed E-state index contributed by atoms with van der Waals surface area (Å²) in [5, 5.41) is 3.41. The number of benzene rings is 1. The minimum Gasteiger partial charge on any atom is -0.465 e. The van der Waals surface area contributed by atoms with E-state index in [1.807, 2.05) is 0 Å². The molecule has 0 amide bonds. The van der Waals surface area contributed by atoms with Crippen LogP contribution in [0.4, 0.5) is 13.2 Å². The first kappa shape index (κ1) is 17.5. The van der Waals surface area contributed by atoms with E-state index >= 15 is 0 Å². The number of aryl methyl sites for hydroxylation is 1. The van der Waals surface area contributed by atoms with Crippen molar-refractivity contribution in [3.8, 4) is 5.69 Å². The minimum absolute atomic E-state index is 0.168. The molecule has 0 atom stereocenters. The molecule has 0 unspecified atom stereocenters. The number of aromatic nitrogens is 2. The van der Waals surface area contributed by atoms with Gasteiger partial charge >= 0.3 is 18.1 Å². The fourth-order valence-electron chi connectivity index (χ4n) is 2.07. The highest BCUT2D eigenvalue weighted by Gasteiger charge is 2.44. The lowest BCUT2D eigenvalue weighted by atomic mass is 10.1. The molecule has 0 aliphatic heterocycles. The van der Waals surface area contributed by atoms with Crippen LogP contribution >= 0.6 is 0 Å². The van der Waals surface area contributed by atoms with Gasteiger partial charge < -0.3 is 9.47 Å². The van der Waals surface area contributed by atoms with Crippen LogP contribution in [-0.4, -0.2) is 35.9 Å². The van der Waals surface area contributed by atoms with Gasteiger partial charge in [-0.1, -0.05) is 17.7 Å². The van der Waals surface area contributed by atoms with Crippen molar-refractivity contribution in [3.63, 3.8) is 0 Å². The third-order valence-electron chi connectivity index (χ3n) is 3.20. The first-order valence-electron chi connectivity index (χ1n) is 6.64. The fraction of sp³-hybridized carbons (Fsp3) is 0.267. The zero-order chi connectivity index (χ0) is 18.1. The van der Waals surface area contributed by atoms with Crippen molar-refractivity contribution in [2.75, 3.05) is 14.2 Å². The molecular formula is C15H13F3N2O4. The summed E-state index contributed by atoms with van der Waals surface area (Å²) >= 11 is 0. The Bertz CT molecular complexity index is 779. The van der Waals surface area contributed by atoms with E-state index in [9.17, 15) is 22.8 Å². The molecular weight excluding hydrogens is 329 g/mol. The topological polar surface area (TPSA) is 70.4 Å². The number of hydrogen-bond acceptors (Lipinski definition) is 5. The Morgan fingerprint density at radius 1 is 1.04 bits per heavy atom. The van der Waals surface area contributed by atoms with Gasteiger partial charge in [0.1, 0.15) is 5.56 Å². The first-order valence-corrected chi connectivity index (χ1v) is 6.64. The zero-order valence-corrected chi connectivity index (χ0v) is 13.0. The highest BCUT2D eigenvalue weighted by molar-refractivity contribution is 6.03. The quantitative estimate of drug-likeness (QED) is 0.802. The third-order valence-corrected chi connectivity index (χ3v) is 3.20. The van der Waals surface area contributed by atoms with Gasteiger partial charge in [0.2, 0.25) is 0 Å². The smallest absolute Gasteiger partial charge is 0.436 e. The van der Waals surface area contributed by atoms with E-state index in [0.29, 0.717) is 0 Å². The van der Waals surface area contributed by atoms with Crippen molar-refractivity contribution in [3.05, 3.63) is 46.8 Å². The monoisotopic (exact) mass is 342 g/mol. The predicted molar refractivity (Wildman–Crippen MR) is 76.0 cm³/mol. The number of esters is 2. The molecule has 0 saturated carbocycles. The number of hydrogen-bond donors (Lipinski definition) is 0. The molecule has 0 aliphatic carbocycles. The van der Waals surface area contributed by atoms with Crippen LogP contribution in [0.15, 0.2) is 24.3 Å². The summed E-state index contributed by atoms with van der Waals surface area (Å²) < 4.78 is 49.4. The van der Waals surface area contributed by atoms with Crippen molar-refractivity contribution < 1.29 is 32.2 Å². The Hall–Kier alpha value is -2.84. The molecule has 0 saturated heterocycles. The molecule has 2 rings (SSSR count). The number of methoxy groups -OCH3 is 2. The molecule has 2 aromatic rings. The summed E-state index contributed by atoms with van der Waals surface area (Å²) in [4.78, 5) is 23.8. The number of nitrogens with zero attached hydrogens (tertiary/aromatic N) is 2. The molecule has 0 spiro atoms. The second kappa shape index (κ2) is 6.34. The van der Waals surface area contributed by atoms with Crippen LogP contribution in [0.25, 0.3) is 5.69 Å². The average Bonchev–Trinajstić information content (AvgIpc) is 2.94. The van der Waals surface area contributed by atoms with E-state index in [4.69, 9.17) is 0 Å². The zero-order valence-electron chi connectivity index (χ0n) is 13.0. The molecule has 128 valence electrons. The number of rotatable bonds is 3. The number of halogens is 3. The van der Waals surface area contributed by atoms with Gasteiger partial charge in [-0.05, 0) is 19.1 Å². The standard InChI is InChI=1S/C15H13F3N2O4/c1-8-4-6-9(7-5-8)20-11(14(22)24-3)10(13(21)23-2)12(19-20)15(16,17)18/h4-7H,1-3H3. The van der Waals surface area contributed by atoms with Gasteiger partial charge in [-0.3, -0.25) is 0 Å². The van der Waals surface area contributed by atoms with E-state index in [1.165, 1.54) is 12.1 Å². The van der Waals surface area contributed by atoms with Gasteiger partial charge in [-0.2, -0.15) is 18.3 Å². The molecule has 1 aromatic heterocycles. The van der Waals surface area contributed by atoms with Crippen LogP contribution < -0.4 is 0 Å². The lowest BCUT2D eigenvalue weighted by Gasteiger charge is -2.07. The van der Waals surface area contributed by atoms with Crippen molar-refractivity contribution in [2.24, 2.45) is 0 Å². The largest absolute Gasteiger partial charge is 0.465 e. The summed E-state index contributed by atoms with van der Waals surface area (Å²) in [5.74, 6) is -2.47. The van der Waals surface area contributed by atoms with Gasteiger partial charge in [-0.15, -0.1) is 0 Å². The number of carbonyl (C=O) groups excluding carboxylic acids is 2. The SMILES string of the molecule is COC(=O)c1c(C(F)(F)F)nn(-c2ccc(C)cc2)c1C(=O)OC. The predicted octanol–water partition coefficient (Wildman–Crippen LogP) is 2.77. The summed E-state index contributed by atoms with van der Waals surface area (Å²) in [5.41, 5.74) is -2.13. The van der Waals surface area contributed by atoms with Gasteiger partial charge in [0.15, 0.2) is 11.4 Å². The molecule has 0 bridgehead atoms. The maximum Gasteiger partial charge on any atom is 0.436 e. The normalized spacial score (nSPS) is 11.2. The van der Waals surface area contributed by atoms with E-state index in [-0.39, 0.29) is 5.69 Å². The molecule has 6 nitrogen and oxygen atoms in total. The minimum atomic E-state index is -4.96. The molecule has 0 aliphatic rings. The Labute approximate surface area is 134 Å². The Morgan fingerprint density at radius 2 is 1.58 bits per heavy atom. The van der Waals surface area contributed by atoms with Crippen molar-refractivity contribution in [1.82, 2.24) is 9.78 Å². The summed E-state index contributed by atoms with van der Waals surface area (Å²) in [7, 11) is 1.90. The number of carbonyl (C=O) groups is 2.